The summed E-state index contributed by atoms with van der Waals surface area (Å²) < 4.78 is 5.09. The molecule has 0 fully saturated rings. The maximum atomic E-state index is 12.2. The molecule has 1 N–H and O–H groups in total. The van der Waals surface area contributed by atoms with E-state index in [-0.39, 0.29) is 6.61 Å². The van der Waals surface area contributed by atoms with E-state index in [1.54, 1.807) is 42.5 Å². The van der Waals surface area contributed by atoms with Gasteiger partial charge < -0.3 is 10.1 Å². The molecule has 5 nitrogen and oxygen atoms in total. The summed E-state index contributed by atoms with van der Waals surface area (Å²) in [5.74, 6) is -0.973. The number of carbonyl (C=O) groups is 2. The highest BCUT2D eigenvalue weighted by Crippen LogP contribution is 2.29. The zero-order chi connectivity index (χ0) is 17.8. The SMILES string of the molecule is Cc1nc(-c2ccsc2)sc1C(=O)OCC(=O)Nc1ccc(Cl)cc1. The molecule has 25 heavy (non-hydrogen) atoms. The van der Waals surface area contributed by atoms with Crippen LogP contribution < -0.4 is 5.32 Å². The zero-order valence-electron chi connectivity index (χ0n) is 13.1. The van der Waals surface area contributed by atoms with Crippen LogP contribution in [0.4, 0.5) is 5.69 Å². The molecule has 8 heteroatoms. The Hall–Kier alpha value is -2.22. The van der Waals surface area contributed by atoms with Crippen LogP contribution in [-0.2, 0) is 9.53 Å². The van der Waals surface area contributed by atoms with Gasteiger partial charge in [-0.05, 0) is 42.6 Å². The van der Waals surface area contributed by atoms with Crippen LogP contribution in [0.2, 0.25) is 5.02 Å². The zero-order valence-corrected chi connectivity index (χ0v) is 15.5. The number of thiazole rings is 1. The largest absolute Gasteiger partial charge is 0.451 e. The Morgan fingerprint density at radius 3 is 2.68 bits per heavy atom. The van der Waals surface area contributed by atoms with Crippen molar-refractivity contribution in [3.05, 3.63) is 56.7 Å². The number of aryl methyl sites for hydroxylation is 1. The van der Waals surface area contributed by atoms with Gasteiger partial charge in [-0.1, -0.05) is 11.6 Å². The average molecular weight is 393 g/mol. The summed E-state index contributed by atoms with van der Waals surface area (Å²) in [6.45, 7) is 1.38. The molecule has 2 heterocycles. The molecule has 0 unspecified atom stereocenters. The Balaban J connectivity index is 1.59. The summed E-state index contributed by atoms with van der Waals surface area (Å²) >= 11 is 8.61. The normalized spacial score (nSPS) is 10.5. The molecule has 0 spiro atoms. The third-order valence-electron chi connectivity index (χ3n) is 3.21. The molecule has 0 aliphatic heterocycles. The lowest BCUT2D eigenvalue weighted by molar-refractivity contribution is -0.119. The molecule has 128 valence electrons. The fourth-order valence-corrected chi connectivity index (χ4v) is 3.82. The first-order chi connectivity index (χ1) is 12.0. The van der Waals surface area contributed by atoms with Gasteiger partial charge in [0, 0.05) is 21.7 Å². The Labute approximate surface area is 157 Å². The van der Waals surface area contributed by atoms with Gasteiger partial charge in [0.1, 0.15) is 9.88 Å². The van der Waals surface area contributed by atoms with E-state index in [1.807, 2.05) is 16.8 Å². The topological polar surface area (TPSA) is 68.3 Å². The van der Waals surface area contributed by atoms with Gasteiger partial charge in [-0.15, -0.1) is 11.3 Å². The van der Waals surface area contributed by atoms with Gasteiger partial charge in [-0.3, -0.25) is 4.79 Å². The van der Waals surface area contributed by atoms with Crippen molar-refractivity contribution >= 4 is 51.8 Å². The first-order valence-corrected chi connectivity index (χ1v) is 9.39. The summed E-state index contributed by atoms with van der Waals surface area (Å²) in [5, 5.41) is 7.88. The molecule has 2 aromatic heterocycles. The van der Waals surface area contributed by atoms with Crippen LogP contribution in [0, 0.1) is 6.92 Å². The number of anilines is 1. The molecule has 0 atom stereocenters. The monoisotopic (exact) mass is 392 g/mol. The number of amides is 1. The van der Waals surface area contributed by atoms with Crippen molar-refractivity contribution in [2.45, 2.75) is 6.92 Å². The molecular formula is C17H13ClN2O3S2. The summed E-state index contributed by atoms with van der Waals surface area (Å²) in [6.07, 6.45) is 0. The number of nitrogens with zero attached hydrogens (tertiary/aromatic N) is 1. The maximum absolute atomic E-state index is 12.2. The summed E-state index contributed by atoms with van der Waals surface area (Å²) in [5.41, 5.74) is 2.14. The van der Waals surface area contributed by atoms with Gasteiger partial charge in [0.05, 0.1) is 5.69 Å². The highest BCUT2D eigenvalue weighted by Gasteiger charge is 2.18. The van der Waals surface area contributed by atoms with Crippen LogP contribution in [-0.4, -0.2) is 23.5 Å². The van der Waals surface area contributed by atoms with E-state index in [4.69, 9.17) is 16.3 Å². The third kappa shape index (κ3) is 4.45. The lowest BCUT2D eigenvalue weighted by Crippen LogP contribution is -2.20. The fraction of sp³-hybridized carbons (Fsp3) is 0.118. The van der Waals surface area contributed by atoms with Crippen LogP contribution in [0.25, 0.3) is 10.6 Å². The van der Waals surface area contributed by atoms with Gasteiger partial charge in [-0.25, -0.2) is 9.78 Å². The van der Waals surface area contributed by atoms with Crippen molar-refractivity contribution in [3.8, 4) is 10.6 Å². The van der Waals surface area contributed by atoms with E-state index in [1.165, 1.54) is 11.3 Å². The molecule has 3 aromatic rings. The van der Waals surface area contributed by atoms with Crippen molar-refractivity contribution in [1.82, 2.24) is 4.98 Å². The number of esters is 1. The summed E-state index contributed by atoms with van der Waals surface area (Å²) in [6, 6.07) is 8.61. The number of aromatic nitrogens is 1. The highest BCUT2D eigenvalue weighted by molar-refractivity contribution is 7.17. The minimum atomic E-state index is -0.553. The molecule has 0 radical (unpaired) electrons. The molecule has 0 bridgehead atoms. The van der Waals surface area contributed by atoms with E-state index in [0.29, 0.717) is 21.3 Å². The van der Waals surface area contributed by atoms with Crippen LogP contribution in [0.5, 0.6) is 0 Å². The van der Waals surface area contributed by atoms with Crippen LogP contribution in [0.15, 0.2) is 41.1 Å². The van der Waals surface area contributed by atoms with E-state index >= 15 is 0 Å². The predicted octanol–water partition coefficient (Wildman–Crippen LogP) is 4.63. The van der Waals surface area contributed by atoms with Gasteiger partial charge in [-0.2, -0.15) is 11.3 Å². The second-order valence-corrected chi connectivity index (χ2v) is 7.29. The number of benzene rings is 1. The van der Waals surface area contributed by atoms with E-state index in [9.17, 15) is 9.59 Å². The van der Waals surface area contributed by atoms with Crippen molar-refractivity contribution < 1.29 is 14.3 Å². The van der Waals surface area contributed by atoms with Crippen LogP contribution in [0.3, 0.4) is 0 Å². The van der Waals surface area contributed by atoms with Gasteiger partial charge in [0.2, 0.25) is 0 Å². The van der Waals surface area contributed by atoms with Gasteiger partial charge in [0.15, 0.2) is 6.61 Å². The van der Waals surface area contributed by atoms with Crippen molar-refractivity contribution in [1.29, 1.82) is 0 Å². The fourth-order valence-electron chi connectivity index (χ4n) is 2.02. The molecule has 0 aliphatic rings. The standard InChI is InChI=1S/C17H13ClN2O3S2/c1-10-15(25-16(19-10)11-6-7-24-9-11)17(22)23-8-14(21)20-13-4-2-12(18)3-5-13/h2-7,9H,8H2,1H3,(H,20,21). The number of hydrogen-bond donors (Lipinski definition) is 1. The summed E-state index contributed by atoms with van der Waals surface area (Å²) in [4.78, 5) is 28.9. The Morgan fingerprint density at radius 1 is 1.24 bits per heavy atom. The second-order valence-electron chi connectivity index (χ2n) is 5.08. The van der Waals surface area contributed by atoms with Gasteiger partial charge in [0.25, 0.3) is 5.91 Å². The van der Waals surface area contributed by atoms with Crippen molar-refractivity contribution in [2.24, 2.45) is 0 Å². The number of ether oxygens (including phenoxy) is 1. The van der Waals surface area contributed by atoms with E-state index < -0.39 is 11.9 Å². The van der Waals surface area contributed by atoms with Crippen LogP contribution >= 0.6 is 34.3 Å². The third-order valence-corrected chi connectivity index (χ3v) is 5.33. The lowest BCUT2D eigenvalue weighted by atomic mass is 10.3. The quantitative estimate of drug-likeness (QED) is 0.643. The van der Waals surface area contributed by atoms with Gasteiger partial charge >= 0.3 is 5.97 Å². The minimum Gasteiger partial charge on any atom is -0.451 e. The second kappa shape index (κ2) is 7.77. The molecular weight excluding hydrogens is 380 g/mol. The van der Waals surface area contributed by atoms with Crippen molar-refractivity contribution in [3.63, 3.8) is 0 Å². The Kier molecular flexibility index (Phi) is 5.47. The Morgan fingerprint density at radius 2 is 2.00 bits per heavy atom. The van der Waals surface area contributed by atoms with Crippen LogP contribution in [0.1, 0.15) is 15.4 Å². The number of nitrogens with one attached hydrogen (secondary N) is 1. The summed E-state index contributed by atoms with van der Waals surface area (Å²) in [7, 11) is 0. The number of thiophene rings is 1. The smallest absolute Gasteiger partial charge is 0.350 e. The number of carbonyl (C=O) groups excluding carboxylic acids is 2. The molecule has 3 rings (SSSR count). The highest BCUT2D eigenvalue weighted by atomic mass is 35.5. The molecule has 0 aliphatic carbocycles. The number of hydrogen-bond acceptors (Lipinski definition) is 6. The number of halogens is 1. The number of rotatable bonds is 5. The first-order valence-electron chi connectivity index (χ1n) is 7.25. The lowest BCUT2D eigenvalue weighted by Gasteiger charge is -2.06. The molecule has 1 amide bonds. The molecule has 0 saturated carbocycles. The minimum absolute atomic E-state index is 0.368. The van der Waals surface area contributed by atoms with E-state index in [2.05, 4.69) is 10.3 Å². The predicted molar refractivity (Wildman–Crippen MR) is 101 cm³/mol. The van der Waals surface area contributed by atoms with Crippen molar-refractivity contribution in [2.75, 3.05) is 11.9 Å². The van der Waals surface area contributed by atoms with E-state index in [0.717, 1.165) is 10.6 Å². The molecule has 1 aromatic carbocycles. The first kappa shape index (κ1) is 17.6. The maximum Gasteiger partial charge on any atom is 0.350 e. The Bertz CT molecular complexity index is 889. The average Bonchev–Trinajstić information content (AvgIpc) is 3.24. The molecule has 0 saturated heterocycles.